The lowest BCUT2D eigenvalue weighted by Crippen LogP contribution is -2.51. The van der Waals surface area contributed by atoms with E-state index in [-0.39, 0.29) is 11.9 Å². The SMILES string of the molecule is CN(Cc1ccccc1)C(=O)[C@@H]1Cc2nc[nH]c2CN1CC1CC1. The normalized spacial score (nSPS) is 20.6. The van der Waals surface area contributed by atoms with Gasteiger partial charge < -0.3 is 9.88 Å². The Kier molecular flexibility index (Phi) is 4.10. The Hall–Kier alpha value is -2.14. The molecule has 1 aromatic heterocycles. The Bertz CT molecular complexity index is 707. The van der Waals surface area contributed by atoms with Crippen LogP contribution in [0.4, 0.5) is 0 Å². The van der Waals surface area contributed by atoms with E-state index < -0.39 is 0 Å². The molecule has 0 radical (unpaired) electrons. The van der Waals surface area contributed by atoms with Crippen LogP contribution in [-0.4, -0.2) is 45.3 Å². The molecule has 2 aromatic rings. The number of aromatic nitrogens is 2. The molecule has 1 atom stereocenters. The van der Waals surface area contributed by atoms with Gasteiger partial charge in [0.25, 0.3) is 0 Å². The maximum absolute atomic E-state index is 13.1. The summed E-state index contributed by atoms with van der Waals surface area (Å²) in [5.41, 5.74) is 3.39. The third kappa shape index (κ3) is 3.22. The first-order chi connectivity index (χ1) is 11.7. The molecule has 5 heteroatoms. The molecule has 2 aliphatic rings. The number of amides is 1. The molecule has 126 valence electrons. The highest BCUT2D eigenvalue weighted by atomic mass is 16.2. The number of carbonyl (C=O) groups is 1. The molecule has 4 rings (SSSR count). The zero-order valence-corrected chi connectivity index (χ0v) is 14.1. The maximum Gasteiger partial charge on any atom is 0.240 e. The van der Waals surface area contributed by atoms with Gasteiger partial charge in [0, 0.05) is 33.1 Å². The Labute approximate surface area is 142 Å². The van der Waals surface area contributed by atoms with Crippen LogP contribution >= 0.6 is 0 Å². The molecule has 2 heterocycles. The monoisotopic (exact) mass is 324 g/mol. The molecule has 24 heavy (non-hydrogen) atoms. The summed E-state index contributed by atoms with van der Waals surface area (Å²) < 4.78 is 0. The van der Waals surface area contributed by atoms with Crippen LogP contribution in [0.15, 0.2) is 36.7 Å². The first kappa shape index (κ1) is 15.4. The van der Waals surface area contributed by atoms with Gasteiger partial charge in [0.2, 0.25) is 5.91 Å². The van der Waals surface area contributed by atoms with E-state index in [1.165, 1.54) is 24.1 Å². The summed E-state index contributed by atoms with van der Waals surface area (Å²) in [6, 6.07) is 10.1. The van der Waals surface area contributed by atoms with Crippen molar-refractivity contribution in [2.75, 3.05) is 13.6 Å². The topological polar surface area (TPSA) is 52.2 Å². The van der Waals surface area contributed by atoms with E-state index in [1.54, 1.807) is 6.33 Å². The van der Waals surface area contributed by atoms with Crippen LogP contribution in [0, 0.1) is 5.92 Å². The van der Waals surface area contributed by atoms with E-state index in [4.69, 9.17) is 0 Å². The smallest absolute Gasteiger partial charge is 0.240 e. The summed E-state index contributed by atoms with van der Waals surface area (Å²) in [4.78, 5) is 24.9. The van der Waals surface area contributed by atoms with Gasteiger partial charge in [-0.05, 0) is 24.3 Å². The van der Waals surface area contributed by atoms with Crippen molar-refractivity contribution in [2.45, 2.75) is 38.4 Å². The molecular weight excluding hydrogens is 300 g/mol. The van der Waals surface area contributed by atoms with Gasteiger partial charge in [-0.3, -0.25) is 9.69 Å². The Morgan fingerprint density at radius 3 is 2.88 bits per heavy atom. The van der Waals surface area contributed by atoms with Gasteiger partial charge in [-0.2, -0.15) is 0 Å². The second-order valence-electron chi connectivity index (χ2n) is 7.10. The van der Waals surface area contributed by atoms with Crippen LogP contribution in [-0.2, 0) is 24.3 Å². The van der Waals surface area contributed by atoms with E-state index >= 15 is 0 Å². The minimum absolute atomic E-state index is 0.0879. The number of carbonyl (C=O) groups excluding carboxylic acids is 1. The molecule has 1 saturated carbocycles. The van der Waals surface area contributed by atoms with Crippen molar-refractivity contribution in [2.24, 2.45) is 5.92 Å². The Balaban J connectivity index is 1.50. The highest BCUT2D eigenvalue weighted by Crippen LogP contribution is 2.33. The fourth-order valence-electron chi connectivity index (χ4n) is 3.54. The van der Waals surface area contributed by atoms with Gasteiger partial charge in [0.15, 0.2) is 0 Å². The van der Waals surface area contributed by atoms with E-state index in [0.717, 1.165) is 24.7 Å². The maximum atomic E-state index is 13.1. The number of nitrogens with one attached hydrogen (secondary N) is 1. The highest BCUT2D eigenvalue weighted by molar-refractivity contribution is 5.82. The summed E-state index contributed by atoms with van der Waals surface area (Å²) in [6.45, 7) is 2.48. The predicted molar refractivity (Wildman–Crippen MR) is 92.1 cm³/mol. The van der Waals surface area contributed by atoms with Gasteiger partial charge in [0.1, 0.15) is 0 Å². The standard InChI is InChI=1S/C19H24N4O/c1-22(10-14-5-3-2-4-6-14)19(24)18-9-16-17(21-13-20-16)12-23(18)11-15-7-8-15/h2-6,13,15,18H,7-12H2,1H3,(H,20,21)/t18-/m0/s1. The van der Waals surface area contributed by atoms with Crippen LogP contribution in [0.1, 0.15) is 29.8 Å². The summed E-state index contributed by atoms with van der Waals surface area (Å²) in [5.74, 6) is 0.970. The lowest BCUT2D eigenvalue weighted by atomic mass is 10.0. The quantitative estimate of drug-likeness (QED) is 0.917. The summed E-state index contributed by atoms with van der Waals surface area (Å²) in [6.07, 6.45) is 5.06. The summed E-state index contributed by atoms with van der Waals surface area (Å²) in [7, 11) is 1.91. The van der Waals surface area contributed by atoms with Gasteiger partial charge in [-0.25, -0.2) is 4.98 Å². The van der Waals surface area contributed by atoms with Gasteiger partial charge in [-0.15, -0.1) is 0 Å². The minimum Gasteiger partial charge on any atom is -0.347 e. The Morgan fingerprint density at radius 1 is 1.33 bits per heavy atom. The molecule has 1 aliphatic heterocycles. The van der Waals surface area contributed by atoms with Crippen molar-refractivity contribution in [3.05, 3.63) is 53.6 Å². The summed E-state index contributed by atoms with van der Waals surface area (Å²) in [5, 5.41) is 0. The third-order valence-electron chi connectivity index (χ3n) is 5.11. The third-order valence-corrected chi connectivity index (χ3v) is 5.11. The Morgan fingerprint density at radius 2 is 2.12 bits per heavy atom. The average molecular weight is 324 g/mol. The van der Waals surface area contributed by atoms with Crippen molar-refractivity contribution in [3.63, 3.8) is 0 Å². The number of H-pyrrole nitrogens is 1. The number of hydrogen-bond donors (Lipinski definition) is 1. The molecular formula is C19H24N4O. The van der Waals surface area contributed by atoms with Crippen molar-refractivity contribution in [1.82, 2.24) is 19.8 Å². The van der Waals surface area contributed by atoms with Crippen LogP contribution in [0.3, 0.4) is 0 Å². The minimum atomic E-state index is -0.0879. The first-order valence-electron chi connectivity index (χ1n) is 8.75. The van der Waals surface area contributed by atoms with E-state index in [1.807, 2.05) is 30.1 Å². The van der Waals surface area contributed by atoms with Crippen LogP contribution in [0.5, 0.6) is 0 Å². The molecule has 0 unspecified atom stereocenters. The van der Waals surface area contributed by atoms with E-state index in [2.05, 4.69) is 27.0 Å². The molecule has 0 saturated heterocycles. The van der Waals surface area contributed by atoms with Crippen LogP contribution in [0.25, 0.3) is 0 Å². The highest BCUT2D eigenvalue weighted by Gasteiger charge is 2.37. The van der Waals surface area contributed by atoms with Crippen LogP contribution < -0.4 is 0 Å². The number of hydrogen-bond acceptors (Lipinski definition) is 3. The van der Waals surface area contributed by atoms with E-state index in [9.17, 15) is 4.79 Å². The molecule has 1 aromatic carbocycles. The molecule has 0 spiro atoms. The molecule has 1 aliphatic carbocycles. The lowest BCUT2D eigenvalue weighted by molar-refractivity contribution is -0.137. The largest absolute Gasteiger partial charge is 0.347 e. The zero-order valence-electron chi connectivity index (χ0n) is 14.1. The summed E-state index contributed by atoms with van der Waals surface area (Å²) >= 11 is 0. The van der Waals surface area contributed by atoms with Crippen molar-refractivity contribution in [3.8, 4) is 0 Å². The van der Waals surface area contributed by atoms with Gasteiger partial charge in [0.05, 0.1) is 23.8 Å². The zero-order chi connectivity index (χ0) is 16.5. The second kappa shape index (κ2) is 6.40. The van der Waals surface area contributed by atoms with E-state index in [0.29, 0.717) is 13.0 Å². The fourth-order valence-corrected chi connectivity index (χ4v) is 3.54. The number of aromatic amines is 1. The number of rotatable bonds is 5. The molecule has 5 nitrogen and oxygen atoms in total. The van der Waals surface area contributed by atoms with Crippen molar-refractivity contribution in [1.29, 1.82) is 0 Å². The molecule has 1 fully saturated rings. The van der Waals surface area contributed by atoms with Crippen molar-refractivity contribution >= 4 is 5.91 Å². The molecule has 1 N–H and O–H groups in total. The lowest BCUT2D eigenvalue weighted by Gasteiger charge is -2.36. The van der Waals surface area contributed by atoms with Gasteiger partial charge >= 0.3 is 0 Å². The number of nitrogens with zero attached hydrogens (tertiary/aromatic N) is 3. The van der Waals surface area contributed by atoms with Crippen LogP contribution in [0.2, 0.25) is 0 Å². The number of imidazole rings is 1. The second-order valence-corrected chi connectivity index (χ2v) is 7.10. The first-order valence-corrected chi connectivity index (χ1v) is 8.75. The molecule has 0 bridgehead atoms. The van der Waals surface area contributed by atoms with Gasteiger partial charge in [-0.1, -0.05) is 30.3 Å². The number of likely N-dealkylation sites (N-methyl/N-ethyl adjacent to an activating group) is 1. The average Bonchev–Trinajstić information content (AvgIpc) is 3.29. The number of benzene rings is 1. The number of fused-ring (bicyclic) bond motifs is 1. The predicted octanol–water partition coefficient (Wildman–Crippen LogP) is 2.21. The fraction of sp³-hybridized carbons (Fsp3) is 0.474. The molecule has 1 amide bonds. The van der Waals surface area contributed by atoms with Crippen molar-refractivity contribution < 1.29 is 4.79 Å².